The minimum atomic E-state index is -0.551. The topological polar surface area (TPSA) is 91.8 Å². The Morgan fingerprint density at radius 2 is 1.27 bits per heavy atom. The maximum Gasteiger partial charge on any atom is 0.233 e. The molecule has 10 atom stereocenters. The largest absolute Gasteiger partial charge is 0.338 e. The van der Waals surface area contributed by atoms with Crippen molar-refractivity contribution in [3.05, 3.63) is 0 Å². The summed E-state index contributed by atoms with van der Waals surface area (Å²) in [7, 11) is 8.60. The number of ketones is 1. The second-order valence-electron chi connectivity index (χ2n) is 12.1. The van der Waals surface area contributed by atoms with Crippen LogP contribution in [0.5, 0.6) is 0 Å². The monoisotopic (exact) mass is 443 g/mol. The van der Waals surface area contributed by atoms with Gasteiger partial charge in [-0.25, -0.2) is 0 Å². The number of imide groups is 2. The van der Waals surface area contributed by atoms with E-state index in [0.717, 1.165) is 25.7 Å². The van der Waals surface area contributed by atoms with Crippen molar-refractivity contribution < 1.29 is 24.0 Å². The Morgan fingerprint density at radius 3 is 1.82 bits per heavy atom. The Kier molecular flexibility index (Phi) is 3.75. The smallest absolute Gasteiger partial charge is 0.233 e. The number of likely N-dealkylation sites (tertiary alicyclic amines) is 1. The zero-order chi connectivity index (χ0) is 23.2. The molecule has 2 spiro atoms. The Balaban J connectivity index is 1.22. The molecule has 7 nitrogen and oxygen atoms in total. The van der Waals surface area contributed by atoms with E-state index in [-0.39, 0.29) is 70.8 Å². The van der Waals surface area contributed by atoms with Crippen LogP contribution in [0.4, 0.5) is 0 Å². The molecule has 4 unspecified atom stereocenters. The maximum absolute atomic E-state index is 14.4. The standard InChI is InChI=1S/C23H26B3N2O5/c1-26(25-24)28-19(31)14-10-6-12(16(14)20(28)32)23(8-10)4-3-22(21(23)33)7-9-5-11(22)15-13(9)17(29)27(2)18(15)30/h9-16H,3-8H2,1-2H3/t9?,10?,11-,12+,13?,14+,15+,16?,22-,23+/m1/s1. The molecule has 4 amide bonds. The van der Waals surface area contributed by atoms with Crippen molar-refractivity contribution in [1.29, 1.82) is 0 Å². The highest BCUT2D eigenvalue weighted by molar-refractivity contribution is 7.30. The third-order valence-corrected chi connectivity index (χ3v) is 11.3. The predicted molar refractivity (Wildman–Crippen MR) is 118 cm³/mol. The van der Waals surface area contributed by atoms with Gasteiger partial charge in [-0.15, -0.1) is 0 Å². The van der Waals surface area contributed by atoms with Crippen LogP contribution in [0.25, 0.3) is 0 Å². The van der Waals surface area contributed by atoms with Gasteiger partial charge in [-0.05, 0) is 62.2 Å². The van der Waals surface area contributed by atoms with Crippen molar-refractivity contribution in [3.63, 3.8) is 0 Å². The average molecular weight is 443 g/mol. The van der Waals surface area contributed by atoms with E-state index in [0.29, 0.717) is 12.8 Å². The molecule has 0 aromatic heterocycles. The Labute approximate surface area is 195 Å². The number of carbonyl (C=O) groups excluding carboxylic acids is 5. The molecule has 2 heterocycles. The molecule has 33 heavy (non-hydrogen) atoms. The zero-order valence-corrected chi connectivity index (χ0v) is 19.0. The number of rotatable bonds is 2. The molecule has 0 aromatic carbocycles. The van der Waals surface area contributed by atoms with E-state index in [1.54, 1.807) is 13.9 Å². The van der Waals surface area contributed by atoms with Gasteiger partial charge in [-0.2, -0.15) is 0 Å². The van der Waals surface area contributed by atoms with Crippen LogP contribution in [0, 0.1) is 58.2 Å². The number of amides is 4. The van der Waals surface area contributed by atoms with Gasteiger partial charge >= 0.3 is 0 Å². The molecule has 5 aliphatic carbocycles. The minimum Gasteiger partial charge on any atom is -0.338 e. The van der Waals surface area contributed by atoms with Crippen molar-refractivity contribution >= 4 is 50.9 Å². The lowest BCUT2D eigenvalue weighted by atomic mass is 9.20. The maximum atomic E-state index is 14.4. The molecule has 4 bridgehead atoms. The van der Waals surface area contributed by atoms with Crippen LogP contribution in [0.15, 0.2) is 0 Å². The predicted octanol–water partition coefficient (Wildman–Crippen LogP) is 0.140. The molecule has 2 saturated heterocycles. The first-order valence-corrected chi connectivity index (χ1v) is 12.5. The molecule has 7 fully saturated rings. The molecule has 3 radical (unpaired) electrons. The summed E-state index contributed by atoms with van der Waals surface area (Å²) in [6.07, 6.45) is 4.44. The summed E-state index contributed by atoms with van der Waals surface area (Å²) in [5.41, 5.74) is -1.08. The molecular formula is C23H26B3N2O5. The Bertz CT molecular complexity index is 1070. The zero-order valence-electron chi connectivity index (χ0n) is 19.0. The van der Waals surface area contributed by atoms with E-state index in [2.05, 4.69) is 0 Å². The first-order valence-electron chi connectivity index (χ1n) is 12.5. The van der Waals surface area contributed by atoms with Crippen LogP contribution < -0.4 is 0 Å². The highest BCUT2D eigenvalue weighted by Gasteiger charge is 2.78. The second-order valence-corrected chi connectivity index (χ2v) is 12.1. The van der Waals surface area contributed by atoms with Gasteiger partial charge in [-0.1, -0.05) is 6.82 Å². The SMILES string of the molecule is [B][B]B(C)N1C(=O)C2[C@@H](C1=O)C1C[C@@H]2[C@]2(CC[C@]3(CC4C[C@@H]3[C@@H]3C(=O)N(C)C(=O)C43)C2=O)C1. The molecule has 5 saturated carbocycles. The fourth-order valence-corrected chi connectivity index (χ4v) is 10.2. The number of carbonyl (C=O) groups is 5. The number of hydrogen-bond acceptors (Lipinski definition) is 5. The number of hydrogen-bond donors (Lipinski definition) is 0. The van der Waals surface area contributed by atoms with Crippen LogP contribution >= 0.6 is 0 Å². The number of fused-ring (bicyclic) bond motifs is 12. The summed E-state index contributed by atoms with van der Waals surface area (Å²) >= 11 is 0. The van der Waals surface area contributed by atoms with Gasteiger partial charge in [0, 0.05) is 25.6 Å². The first-order chi connectivity index (χ1) is 15.7. The number of nitrogens with zero attached hydrogens (tertiary/aromatic N) is 2. The summed E-state index contributed by atoms with van der Waals surface area (Å²) in [4.78, 5) is 69.1. The molecule has 10 heteroatoms. The third-order valence-electron chi connectivity index (χ3n) is 11.3. The van der Waals surface area contributed by atoms with Crippen molar-refractivity contribution in [2.24, 2.45) is 58.2 Å². The van der Waals surface area contributed by atoms with Crippen molar-refractivity contribution in [2.45, 2.75) is 45.3 Å². The normalized spacial score (nSPS) is 51.2. The van der Waals surface area contributed by atoms with Crippen LogP contribution in [-0.4, -0.2) is 67.7 Å². The van der Waals surface area contributed by atoms with Crippen molar-refractivity contribution in [1.82, 2.24) is 9.71 Å². The lowest BCUT2D eigenvalue weighted by Gasteiger charge is -2.42. The Hall–Kier alpha value is -1.86. The molecular weight excluding hydrogens is 417 g/mol. The van der Waals surface area contributed by atoms with Gasteiger partial charge < -0.3 is 4.81 Å². The summed E-state index contributed by atoms with van der Waals surface area (Å²) in [5, 5.41) is 0. The molecule has 7 aliphatic rings. The lowest BCUT2D eigenvalue weighted by molar-refractivity contribution is -0.145. The van der Waals surface area contributed by atoms with Gasteiger partial charge in [0.2, 0.25) is 30.4 Å². The van der Waals surface area contributed by atoms with E-state index in [4.69, 9.17) is 7.74 Å². The average Bonchev–Trinajstić information content (AvgIpc) is 3.63. The fraction of sp³-hybridized carbons (Fsp3) is 0.783. The minimum absolute atomic E-state index is 0.0556. The number of Topliss-reactive ketones (excluding diaryl/α,β-unsaturated/α-hetero) is 1. The van der Waals surface area contributed by atoms with Crippen LogP contribution in [0.1, 0.15) is 38.5 Å². The lowest BCUT2D eigenvalue weighted by Crippen LogP contribution is -2.49. The summed E-state index contributed by atoms with van der Waals surface area (Å²) in [6, 6.07) is 0. The molecule has 7 rings (SSSR count). The summed E-state index contributed by atoms with van der Waals surface area (Å²) in [5.74, 6) is -1.51. The second kappa shape index (κ2) is 6.03. The van der Waals surface area contributed by atoms with Crippen molar-refractivity contribution in [3.8, 4) is 0 Å². The van der Waals surface area contributed by atoms with E-state index in [9.17, 15) is 24.0 Å². The first kappa shape index (κ1) is 20.5. The highest BCUT2D eigenvalue weighted by Crippen LogP contribution is 2.75. The quantitative estimate of drug-likeness (QED) is 0.448. The van der Waals surface area contributed by atoms with Crippen LogP contribution in [0.2, 0.25) is 6.82 Å². The van der Waals surface area contributed by atoms with Crippen LogP contribution in [0.3, 0.4) is 0 Å². The summed E-state index contributed by atoms with van der Waals surface area (Å²) in [6.45, 7) is 1.31. The Morgan fingerprint density at radius 1 is 0.818 bits per heavy atom. The van der Waals surface area contributed by atoms with Gasteiger partial charge in [0.05, 0.1) is 30.7 Å². The third kappa shape index (κ3) is 2.00. The molecule has 167 valence electrons. The van der Waals surface area contributed by atoms with Crippen molar-refractivity contribution in [2.75, 3.05) is 7.05 Å². The summed E-state index contributed by atoms with van der Waals surface area (Å²) < 4.78 is 0. The molecule has 0 aromatic rings. The van der Waals surface area contributed by atoms with E-state index < -0.39 is 23.5 Å². The van der Waals surface area contributed by atoms with Gasteiger partial charge in [0.15, 0.2) is 0 Å². The van der Waals surface area contributed by atoms with E-state index in [1.807, 2.05) is 0 Å². The van der Waals surface area contributed by atoms with E-state index in [1.165, 1.54) is 16.8 Å². The van der Waals surface area contributed by atoms with E-state index >= 15 is 0 Å². The highest BCUT2D eigenvalue weighted by atomic mass is 16.2. The molecule has 0 N–H and O–H groups in total. The molecule has 2 aliphatic heterocycles. The van der Waals surface area contributed by atoms with Crippen LogP contribution in [-0.2, 0) is 24.0 Å². The van der Waals surface area contributed by atoms with Gasteiger partial charge in [-0.3, -0.25) is 28.9 Å². The van der Waals surface area contributed by atoms with Gasteiger partial charge in [0.1, 0.15) is 5.78 Å². The fourth-order valence-electron chi connectivity index (χ4n) is 10.2. The van der Waals surface area contributed by atoms with Gasteiger partial charge in [0.25, 0.3) is 0 Å².